The van der Waals surface area contributed by atoms with Gasteiger partial charge in [-0.1, -0.05) is 36.4 Å². The highest BCUT2D eigenvalue weighted by Gasteiger charge is 2.22. The van der Waals surface area contributed by atoms with Crippen molar-refractivity contribution in [3.63, 3.8) is 0 Å². The Morgan fingerprint density at radius 2 is 1.82 bits per heavy atom. The minimum atomic E-state index is -2.44. The van der Waals surface area contributed by atoms with Gasteiger partial charge in [-0.2, -0.15) is 4.36 Å². The zero-order valence-electron chi connectivity index (χ0n) is 22.3. The first-order valence-corrected chi connectivity index (χ1v) is 15.5. The van der Waals surface area contributed by atoms with E-state index in [4.69, 9.17) is 4.74 Å². The van der Waals surface area contributed by atoms with E-state index >= 15 is 0 Å². The number of aliphatic hydroxyl groups is 1. The van der Waals surface area contributed by atoms with Crippen molar-refractivity contribution in [2.24, 2.45) is 4.36 Å². The molecule has 5 rings (SSSR count). The van der Waals surface area contributed by atoms with E-state index in [1.54, 1.807) is 12.3 Å². The second-order valence-electron chi connectivity index (χ2n) is 10.4. The van der Waals surface area contributed by atoms with Crippen LogP contribution in [0, 0.1) is 12.7 Å². The third-order valence-electron chi connectivity index (χ3n) is 7.23. The summed E-state index contributed by atoms with van der Waals surface area (Å²) in [5.41, 5.74) is 5.08. The Labute approximate surface area is 229 Å². The lowest BCUT2D eigenvalue weighted by Gasteiger charge is -2.27. The van der Waals surface area contributed by atoms with Crippen molar-refractivity contribution in [1.82, 2.24) is 9.97 Å². The second-order valence-corrected chi connectivity index (χ2v) is 13.0. The number of hydrogen-bond donors (Lipinski definition) is 1. The molecule has 3 aromatic carbocycles. The number of fused-ring (bicyclic) bond motifs is 1. The molecule has 8 heteroatoms. The minimum absolute atomic E-state index is 0.0483. The average Bonchev–Trinajstić information content (AvgIpc) is 2.91. The maximum absolute atomic E-state index is 14.2. The topological polar surface area (TPSA) is 84.7 Å². The van der Waals surface area contributed by atoms with Gasteiger partial charge in [-0.15, -0.1) is 0 Å². The molecule has 39 heavy (non-hydrogen) atoms. The van der Waals surface area contributed by atoms with E-state index in [9.17, 15) is 13.7 Å². The molecule has 204 valence electrons. The molecule has 1 fully saturated rings. The molecule has 6 nitrogen and oxygen atoms in total. The first-order valence-electron chi connectivity index (χ1n) is 13.4. The number of rotatable bonds is 8. The summed E-state index contributed by atoms with van der Waals surface area (Å²) >= 11 is 0. The normalized spacial score (nSPS) is 19.0. The van der Waals surface area contributed by atoms with Gasteiger partial charge < -0.3 is 9.84 Å². The second kappa shape index (κ2) is 11.8. The molecule has 0 amide bonds. The molecule has 1 unspecified atom stereocenters. The van der Waals surface area contributed by atoms with Crippen molar-refractivity contribution < 1.29 is 18.4 Å². The summed E-state index contributed by atoms with van der Waals surface area (Å²) in [5.74, 6) is 0.628. The number of hydrogen-bond acceptors (Lipinski definition) is 6. The summed E-state index contributed by atoms with van der Waals surface area (Å²) in [4.78, 5) is 9.06. The molecule has 1 aliphatic carbocycles. The van der Waals surface area contributed by atoms with Gasteiger partial charge in [-0.3, -0.25) is 0 Å². The highest BCUT2D eigenvalue weighted by Crippen LogP contribution is 2.32. The van der Waals surface area contributed by atoms with E-state index in [1.165, 1.54) is 18.5 Å². The molecule has 1 saturated carbocycles. The zero-order chi connectivity index (χ0) is 27.4. The molecule has 0 saturated heterocycles. The summed E-state index contributed by atoms with van der Waals surface area (Å²) < 4.78 is 38.3. The molecule has 1 aromatic heterocycles. The lowest BCUT2D eigenvalue weighted by atomic mass is 9.95. The van der Waals surface area contributed by atoms with Gasteiger partial charge in [0.25, 0.3) is 0 Å². The summed E-state index contributed by atoms with van der Waals surface area (Å²) in [6.45, 7) is 1.98. The number of ether oxygens (including phenoxy) is 1. The summed E-state index contributed by atoms with van der Waals surface area (Å²) in [5, 5.41) is 10.7. The van der Waals surface area contributed by atoms with Crippen molar-refractivity contribution in [1.29, 1.82) is 0 Å². The average molecular weight is 548 g/mol. The van der Waals surface area contributed by atoms with Gasteiger partial charge in [0.05, 0.1) is 29.1 Å². The lowest BCUT2D eigenvalue weighted by Crippen LogP contribution is -2.26. The van der Waals surface area contributed by atoms with Crippen LogP contribution in [-0.2, 0) is 22.6 Å². The van der Waals surface area contributed by atoms with Crippen molar-refractivity contribution in [3.05, 3.63) is 95.2 Å². The fourth-order valence-electron chi connectivity index (χ4n) is 5.17. The Balaban J connectivity index is 1.40. The van der Waals surface area contributed by atoms with Crippen molar-refractivity contribution in [3.8, 4) is 5.75 Å². The monoisotopic (exact) mass is 547 g/mol. The minimum Gasteiger partial charge on any atom is -0.490 e. The van der Waals surface area contributed by atoms with Gasteiger partial charge in [-0.25, -0.2) is 18.6 Å². The zero-order valence-corrected chi connectivity index (χ0v) is 23.2. The SMILES string of the molecule is Cc1cc(N=S(C)(=O)CCc2ccccc2)cc2ncnc(Cc3ccc(F)cc3OC3CCC(O)CC3)c12. The Hall–Kier alpha value is -3.36. The molecule has 4 aromatic rings. The van der Waals surface area contributed by atoms with Crippen LogP contribution in [0.1, 0.15) is 48.1 Å². The van der Waals surface area contributed by atoms with Crippen molar-refractivity contribution in [2.45, 2.75) is 57.7 Å². The Morgan fingerprint density at radius 3 is 2.59 bits per heavy atom. The molecule has 0 radical (unpaired) electrons. The van der Waals surface area contributed by atoms with E-state index < -0.39 is 9.73 Å². The fourth-order valence-corrected chi connectivity index (χ4v) is 6.42. The number of benzene rings is 3. The van der Waals surface area contributed by atoms with Gasteiger partial charge in [0.1, 0.15) is 17.9 Å². The van der Waals surface area contributed by atoms with Crippen LogP contribution in [-0.4, -0.2) is 43.5 Å². The Bertz CT molecular complexity index is 1580. The van der Waals surface area contributed by atoms with Crippen LogP contribution in [0.4, 0.5) is 10.1 Å². The summed E-state index contributed by atoms with van der Waals surface area (Å²) in [6, 6.07) is 18.4. The van der Waals surface area contributed by atoms with Crippen LogP contribution in [0.3, 0.4) is 0 Å². The maximum atomic E-state index is 14.2. The summed E-state index contributed by atoms with van der Waals surface area (Å²) in [7, 11) is -2.44. The molecular weight excluding hydrogens is 513 g/mol. The third kappa shape index (κ3) is 6.99. The van der Waals surface area contributed by atoms with E-state index in [2.05, 4.69) is 14.3 Å². The standard InChI is InChI=1S/C31H34FN3O3S/c1-21-16-25(35-39(2,37)15-14-22-6-4-3-5-7-22)19-29-31(21)28(33-20-34-29)17-23-8-9-24(32)18-30(23)38-27-12-10-26(36)11-13-27/h3-9,16,18-20,26-27,36H,10-15,17H2,1-2H3. The summed E-state index contributed by atoms with van der Waals surface area (Å²) in [6.07, 6.45) is 6.89. The predicted molar refractivity (Wildman–Crippen MR) is 154 cm³/mol. The number of halogens is 1. The van der Waals surface area contributed by atoms with Gasteiger partial charge in [-0.05, 0) is 68.4 Å². The Kier molecular flexibility index (Phi) is 8.23. The Morgan fingerprint density at radius 1 is 1.05 bits per heavy atom. The van der Waals surface area contributed by atoms with Crippen LogP contribution < -0.4 is 4.74 Å². The van der Waals surface area contributed by atoms with Gasteiger partial charge in [0.15, 0.2) is 0 Å². The molecular formula is C31H34FN3O3S. The molecule has 0 spiro atoms. The van der Waals surface area contributed by atoms with Crippen molar-refractivity contribution >= 4 is 26.3 Å². The van der Waals surface area contributed by atoms with E-state index in [1.807, 2.05) is 49.4 Å². The van der Waals surface area contributed by atoms with Gasteiger partial charge >= 0.3 is 0 Å². The van der Waals surface area contributed by atoms with Crippen LogP contribution in [0.5, 0.6) is 5.75 Å². The van der Waals surface area contributed by atoms with Crippen LogP contribution in [0.2, 0.25) is 0 Å². The number of aliphatic hydroxyl groups excluding tert-OH is 1. The highest BCUT2D eigenvalue weighted by molar-refractivity contribution is 7.93. The first kappa shape index (κ1) is 27.2. The van der Waals surface area contributed by atoms with Crippen LogP contribution >= 0.6 is 0 Å². The highest BCUT2D eigenvalue weighted by atomic mass is 32.2. The third-order valence-corrected chi connectivity index (χ3v) is 8.79. The quantitative estimate of drug-likeness (QED) is 0.279. The number of nitrogens with zero attached hydrogens (tertiary/aromatic N) is 3. The largest absolute Gasteiger partial charge is 0.490 e. The maximum Gasteiger partial charge on any atom is 0.126 e. The van der Waals surface area contributed by atoms with Gasteiger partial charge in [0.2, 0.25) is 0 Å². The number of aromatic nitrogens is 2. The first-order chi connectivity index (χ1) is 18.8. The van der Waals surface area contributed by atoms with Gasteiger partial charge in [0, 0.05) is 45.2 Å². The molecule has 1 heterocycles. The lowest BCUT2D eigenvalue weighted by molar-refractivity contribution is 0.0660. The van der Waals surface area contributed by atoms with Crippen molar-refractivity contribution in [2.75, 3.05) is 12.0 Å². The fraction of sp³-hybridized carbons (Fsp3) is 0.355. The van der Waals surface area contributed by atoms with Crippen LogP contribution in [0.15, 0.2) is 71.4 Å². The molecule has 1 aliphatic rings. The van der Waals surface area contributed by atoms with E-state index in [-0.39, 0.29) is 18.0 Å². The van der Waals surface area contributed by atoms with E-state index in [0.717, 1.165) is 46.1 Å². The smallest absolute Gasteiger partial charge is 0.126 e. The molecule has 0 bridgehead atoms. The van der Waals surface area contributed by atoms with Crippen LogP contribution in [0.25, 0.3) is 10.9 Å². The predicted octanol–water partition coefficient (Wildman–Crippen LogP) is 6.32. The molecule has 1 atom stereocenters. The van der Waals surface area contributed by atoms with E-state index in [0.29, 0.717) is 42.9 Å². The molecule has 0 aliphatic heterocycles. The number of aryl methyl sites for hydroxylation is 2. The molecule has 1 N–H and O–H groups in total.